The Balaban J connectivity index is 1.93. The highest BCUT2D eigenvalue weighted by molar-refractivity contribution is 5.22. The highest BCUT2D eigenvalue weighted by Gasteiger charge is 2.17. The molecule has 0 bridgehead atoms. The van der Waals surface area contributed by atoms with Crippen LogP contribution in [0.5, 0.6) is 0 Å². The molecule has 1 aliphatic heterocycles. The van der Waals surface area contributed by atoms with Crippen molar-refractivity contribution in [1.29, 1.82) is 0 Å². The van der Waals surface area contributed by atoms with Crippen molar-refractivity contribution in [1.82, 2.24) is 4.90 Å². The number of benzene rings is 1. The topological polar surface area (TPSA) is 40.2 Å². The van der Waals surface area contributed by atoms with Crippen molar-refractivity contribution in [3.8, 4) is 0 Å². The fraction of sp³-hybridized carbons (Fsp3) is 0.579. The number of rotatable bonds is 3. The molecule has 134 valence electrons. The summed E-state index contributed by atoms with van der Waals surface area (Å²) in [4.78, 5) is 2.34. The van der Waals surface area contributed by atoms with E-state index in [-0.39, 0.29) is 6.04 Å². The van der Waals surface area contributed by atoms with Crippen molar-refractivity contribution in [2.75, 3.05) is 65.9 Å². The molecule has 5 nitrogen and oxygen atoms in total. The second-order valence-electron chi connectivity index (χ2n) is 5.58. The molecule has 1 aromatic carbocycles. The van der Waals surface area contributed by atoms with Crippen molar-refractivity contribution in [3.05, 3.63) is 48.6 Å². The molecular weight excluding hydrogens is 306 g/mol. The third kappa shape index (κ3) is 7.11. The third-order valence-corrected chi connectivity index (χ3v) is 3.92. The summed E-state index contributed by atoms with van der Waals surface area (Å²) in [7, 11) is 0. The molecule has 0 amide bonds. The maximum absolute atomic E-state index is 5.69. The van der Waals surface area contributed by atoms with Crippen LogP contribution in [0.1, 0.15) is 11.6 Å². The van der Waals surface area contributed by atoms with Gasteiger partial charge in [-0.2, -0.15) is 0 Å². The van der Waals surface area contributed by atoms with E-state index in [0.29, 0.717) is 52.9 Å². The van der Waals surface area contributed by atoms with Gasteiger partial charge < -0.3 is 18.9 Å². The van der Waals surface area contributed by atoms with Crippen LogP contribution in [0, 0.1) is 0 Å². The lowest BCUT2D eigenvalue weighted by Gasteiger charge is -2.30. The largest absolute Gasteiger partial charge is 0.378 e. The Hall–Kier alpha value is -1.24. The predicted molar refractivity (Wildman–Crippen MR) is 94.2 cm³/mol. The zero-order valence-electron chi connectivity index (χ0n) is 14.4. The first-order chi connectivity index (χ1) is 11.9. The summed E-state index contributed by atoms with van der Waals surface area (Å²) < 4.78 is 22.3. The molecule has 1 saturated heterocycles. The molecule has 24 heavy (non-hydrogen) atoms. The third-order valence-electron chi connectivity index (χ3n) is 3.92. The van der Waals surface area contributed by atoms with E-state index in [9.17, 15) is 0 Å². The van der Waals surface area contributed by atoms with Crippen molar-refractivity contribution in [2.45, 2.75) is 6.04 Å². The van der Waals surface area contributed by atoms with Crippen molar-refractivity contribution in [3.63, 3.8) is 0 Å². The second kappa shape index (κ2) is 12.2. The van der Waals surface area contributed by atoms with Crippen LogP contribution in [0.15, 0.2) is 43.0 Å². The zero-order valence-corrected chi connectivity index (χ0v) is 14.4. The van der Waals surface area contributed by atoms with Gasteiger partial charge in [0, 0.05) is 13.1 Å². The van der Waals surface area contributed by atoms with Crippen molar-refractivity contribution in [2.24, 2.45) is 0 Å². The molecule has 1 aliphatic rings. The monoisotopic (exact) mass is 335 g/mol. The molecule has 1 aromatic rings. The Morgan fingerprint density at radius 3 is 1.67 bits per heavy atom. The van der Waals surface area contributed by atoms with Crippen LogP contribution in [0.25, 0.3) is 0 Å². The van der Waals surface area contributed by atoms with E-state index in [1.54, 1.807) is 0 Å². The Labute approximate surface area is 145 Å². The first-order valence-electron chi connectivity index (χ1n) is 8.64. The van der Waals surface area contributed by atoms with Gasteiger partial charge in [-0.3, -0.25) is 4.90 Å². The summed E-state index contributed by atoms with van der Waals surface area (Å²) in [6.07, 6.45) is 1.98. The fourth-order valence-electron chi connectivity index (χ4n) is 2.66. The number of hydrogen-bond donors (Lipinski definition) is 0. The summed E-state index contributed by atoms with van der Waals surface area (Å²) >= 11 is 0. The minimum Gasteiger partial charge on any atom is -0.378 e. The van der Waals surface area contributed by atoms with Gasteiger partial charge in [-0.25, -0.2) is 0 Å². The average molecular weight is 335 g/mol. The van der Waals surface area contributed by atoms with Gasteiger partial charge in [0.25, 0.3) is 0 Å². The molecule has 2 rings (SSSR count). The molecule has 1 atom stereocenters. The number of nitrogens with zero attached hydrogens (tertiary/aromatic N) is 1. The summed E-state index contributed by atoms with van der Waals surface area (Å²) in [6.45, 7) is 10.6. The number of hydrogen-bond acceptors (Lipinski definition) is 5. The summed E-state index contributed by atoms with van der Waals surface area (Å²) in [6, 6.07) is 10.6. The van der Waals surface area contributed by atoms with E-state index < -0.39 is 0 Å². The first-order valence-corrected chi connectivity index (χ1v) is 8.64. The highest BCUT2D eigenvalue weighted by atomic mass is 16.6. The SMILES string of the molecule is C=CC(c1ccccc1)N1CCOCCOCCOCCOCC1. The van der Waals surface area contributed by atoms with E-state index in [1.165, 1.54) is 5.56 Å². The Kier molecular flexibility index (Phi) is 9.68. The predicted octanol–water partition coefficient (Wildman–Crippen LogP) is 2.30. The van der Waals surface area contributed by atoms with Gasteiger partial charge in [-0.05, 0) is 5.56 Å². The standard InChI is InChI=1S/C19H29NO4/c1-2-19(18-6-4-3-5-7-18)20-8-10-21-12-14-23-16-17-24-15-13-22-11-9-20/h2-7,19H,1,8-17H2. The van der Waals surface area contributed by atoms with Crippen LogP contribution >= 0.6 is 0 Å². The molecule has 1 unspecified atom stereocenters. The van der Waals surface area contributed by atoms with E-state index in [2.05, 4.69) is 35.7 Å². The molecule has 0 radical (unpaired) electrons. The van der Waals surface area contributed by atoms with Crippen LogP contribution in [-0.2, 0) is 18.9 Å². The van der Waals surface area contributed by atoms with Crippen LogP contribution < -0.4 is 0 Å². The van der Waals surface area contributed by atoms with Gasteiger partial charge in [0.1, 0.15) is 0 Å². The van der Waals surface area contributed by atoms with Gasteiger partial charge in [0.2, 0.25) is 0 Å². The van der Waals surface area contributed by atoms with Gasteiger partial charge in [0.05, 0.1) is 58.9 Å². The van der Waals surface area contributed by atoms with Gasteiger partial charge in [-0.15, -0.1) is 6.58 Å². The van der Waals surface area contributed by atoms with Crippen LogP contribution in [0.3, 0.4) is 0 Å². The van der Waals surface area contributed by atoms with Gasteiger partial charge in [-0.1, -0.05) is 36.4 Å². The summed E-state index contributed by atoms with van der Waals surface area (Å²) in [5.74, 6) is 0. The molecular formula is C19H29NO4. The quantitative estimate of drug-likeness (QED) is 0.793. The van der Waals surface area contributed by atoms with E-state index in [4.69, 9.17) is 18.9 Å². The lowest BCUT2D eigenvalue weighted by atomic mass is 10.1. The highest BCUT2D eigenvalue weighted by Crippen LogP contribution is 2.21. The Bertz CT molecular complexity index is 424. The van der Waals surface area contributed by atoms with Crippen LogP contribution in [-0.4, -0.2) is 70.8 Å². The summed E-state index contributed by atoms with van der Waals surface area (Å²) in [5.41, 5.74) is 1.23. The lowest BCUT2D eigenvalue weighted by Crippen LogP contribution is -2.34. The molecule has 0 aliphatic carbocycles. The Morgan fingerprint density at radius 1 is 0.750 bits per heavy atom. The number of ether oxygens (including phenoxy) is 4. The maximum Gasteiger partial charge on any atom is 0.0701 e. The van der Waals surface area contributed by atoms with E-state index >= 15 is 0 Å². The van der Waals surface area contributed by atoms with Crippen molar-refractivity contribution >= 4 is 0 Å². The lowest BCUT2D eigenvalue weighted by molar-refractivity contribution is 0.00206. The molecule has 5 heteroatoms. The first kappa shape index (κ1) is 19.1. The van der Waals surface area contributed by atoms with E-state index in [0.717, 1.165) is 13.1 Å². The zero-order chi connectivity index (χ0) is 16.9. The molecule has 1 heterocycles. The van der Waals surface area contributed by atoms with Gasteiger partial charge in [0.15, 0.2) is 0 Å². The summed E-state index contributed by atoms with van der Waals surface area (Å²) in [5, 5.41) is 0. The smallest absolute Gasteiger partial charge is 0.0701 e. The van der Waals surface area contributed by atoms with Crippen molar-refractivity contribution < 1.29 is 18.9 Å². The second-order valence-corrected chi connectivity index (χ2v) is 5.58. The van der Waals surface area contributed by atoms with Gasteiger partial charge >= 0.3 is 0 Å². The fourth-order valence-corrected chi connectivity index (χ4v) is 2.66. The molecule has 1 fully saturated rings. The van der Waals surface area contributed by atoms with Crippen LogP contribution in [0.2, 0.25) is 0 Å². The minimum absolute atomic E-state index is 0.154. The average Bonchev–Trinajstić information content (AvgIpc) is 2.63. The Morgan fingerprint density at radius 2 is 1.21 bits per heavy atom. The molecule has 0 saturated carbocycles. The van der Waals surface area contributed by atoms with Crippen LogP contribution in [0.4, 0.5) is 0 Å². The minimum atomic E-state index is 0.154. The molecule has 0 spiro atoms. The molecule has 0 N–H and O–H groups in total. The normalized spacial score (nSPS) is 21.3. The maximum atomic E-state index is 5.69. The molecule has 0 aromatic heterocycles. The van der Waals surface area contributed by atoms with E-state index in [1.807, 2.05) is 12.1 Å².